The van der Waals surface area contributed by atoms with Crippen molar-refractivity contribution in [3.05, 3.63) is 22.1 Å². The highest BCUT2D eigenvalue weighted by Gasteiger charge is 2.24. The first-order valence-corrected chi connectivity index (χ1v) is 7.79. The van der Waals surface area contributed by atoms with Crippen LogP contribution in [0.5, 0.6) is 0 Å². The van der Waals surface area contributed by atoms with E-state index in [0.29, 0.717) is 24.5 Å². The fraction of sp³-hybridized carbons (Fsp3) is 0.538. The van der Waals surface area contributed by atoms with Gasteiger partial charge in [0.1, 0.15) is 11.6 Å². The monoisotopic (exact) mass is 311 g/mol. The molecule has 0 unspecified atom stereocenters. The number of carbonyl (C=O) groups excluding carboxylic acids is 1. The Kier molecular flexibility index (Phi) is 5.00. The molecule has 0 aliphatic carbocycles. The molecule has 0 spiro atoms. The van der Waals surface area contributed by atoms with E-state index in [-0.39, 0.29) is 5.56 Å². The van der Waals surface area contributed by atoms with Gasteiger partial charge in [-0.1, -0.05) is 31.5 Å². The van der Waals surface area contributed by atoms with Crippen LogP contribution in [0.3, 0.4) is 0 Å². The molecule has 0 saturated carbocycles. The van der Waals surface area contributed by atoms with Crippen LogP contribution < -0.4 is 10.9 Å². The lowest BCUT2D eigenvalue weighted by Crippen LogP contribution is -2.43. The van der Waals surface area contributed by atoms with Gasteiger partial charge in [-0.2, -0.15) is 0 Å². The van der Waals surface area contributed by atoms with Gasteiger partial charge < -0.3 is 10.4 Å². The Labute approximate surface area is 125 Å². The number of carbonyl (C=O) groups is 2. The Balaban J connectivity index is 2.16. The Bertz CT molecular complexity index is 614. The first kappa shape index (κ1) is 15.6. The van der Waals surface area contributed by atoms with Crippen molar-refractivity contribution in [3.63, 3.8) is 0 Å². The molecular weight excluding hydrogens is 294 g/mol. The SMILES string of the molecule is CCCC[C@H](NC(=O)c1cnc2n(c1=O)CCS2)C(=O)O. The van der Waals surface area contributed by atoms with Crippen LogP contribution in [0.1, 0.15) is 36.5 Å². The van der Waals surface area contributed by atoms with Gasteiger partial charge in [-0.15, -0.1) is 0 Å². The molecule has 2 heterocycles. The summed E-state index contributed by atoms with van der Waals surface area (Å²) >= 11 is 1.46. The number of aromatic nitrogens is 2. The van der Waals surface area contributed by atoms with E-state index in [9.17, 15) is 14.4 Å². The number of nitrogens with zero attached hydrogens (tertiary/aromatic N) is 2. The van der Waals surface area contributed by atoms with Gasteiger partial charge in [0.2, 0.25) is 0 Å². The van der Waals surface area contributed by atoms with E-state index in [1.165, 1.54) is 22.5 Å². The second-order valence-corrected chi connectivity index (χ2v) is 5.83. The summed E-state index contributed by atoms with van der Waals surface area (Å²) in [7, 11) is 0. The first-order chi connectivity index (χ1) is 10.0. The molecule has 0 saturated heterocycles. The summed E-state index contributed by atoms with van der Waals surface area (Å²) in [6.45, 7) is 2.46. The molecule has 1 amide bonds. The minimum Gasteiger partial charge on any atom is -0.480 e. The Morgan fingerprint density at radius 1 is 1.57 bits per heavy atom. The molecule has 1 aliphatic rings. The molecule has 0 radical (unpaired) electrons. The van der Waals surface area contributed by atoms with Crippen molar-refractivity contribution in [1.29, 1.82) is 0 Å². The van der Waals surface area contributed by atoms with Crippen molar-refractivity contribution in [2.45, 2.75) is 43.9 Å². The van der Waals surface area contributed by atoms with Crippen LogP contribution >= 0.6 is 11.8 Å². The second-order valence-electron chi connectivity index (χ2n) is 4.77. The van der Waals surface area contributed by atoms with E-state index in [1.54, 1.807) is 0 Å². The van der Waals surface area contributed by atoms with Gasteiger partial charge in [0.05, 0.1) is 0 Å². The summed E-state index contributed by atoms with van der Waals surface area (Å²) in [5, 5.41) is 12.1. The number of carboxylic acids is 1. The lowest BCUT2D eigenvalue weighted by atomic mass is 10.1. The number of amides is 1. The number of carboxylic acid groups (broad SMARTS) is 1. The third kappa shape index (κ3) is 3.44. The normalized spacial score (nSPS) is 14.5. The average molecular weight is 311 g/mol. The molecule has 7 nitrogen and oxygen atoms in total. The van der Waals surface area contributed by atoms with Gasteiger partial charge in [-0.25, -0.2) is 9.78 Å². The maximum atomic E-state index is 12.2. The molecule has 1 atom stereocenters. The molecule has 0 aromatic carbocycles. The Morgan fingerprint density at radius 2 is 2.33 bits per heavy atom. The van der Waals surface area contributed by atoms with Crippen LogP contribution in [0.25, 0.3) is 0 Å². The molecule has 1 aliphatic heterocycles. The number of hydrogen-bond acceptors (Lipinski definition) is 5. The number of thioether (sulfide) groups is 1. The van der Waals surface area contributed by atoms with E-state index in [0.717, 1.165) is 12.2 Å². The van der Waals surface area contributed by atoms with Crippen molar-refractivity contribution in [2.24, 2.45) is 0 Å². The van der Waals surface area contributed by atoms with Crippen molar-refractivity contribution < 1.29 is 14.7 Å². The molecule has 2 rings (SSSR count). The highest BCUT2D eigenvalue weighted by molar-refractivity contribution is 7.99. The van der Waals surface area contributed by atoms with Crippen LogP contribution in [-0.4, -0.2) is 38.3 Å². The van der Waals surface area contributed by atoms with Crippen LogP contribution in [-0.2, 0) is 11.3 Å². The van der Waals surface area contributed by atoms with Crippen LogP contribution in [0.15, 0.2) is 16.1 Å². The summed E-state index contributed by atoms with van der Waals surface area (Å²) < 4.78 is 1.45. The van der Waals surface area contributed by atoms with Crippen LogP contribution in [0, 0.1) is 0 Å². The van der Waals surface area contributed by atoms with E-state index in [2.05, 4.69) is 10.3 Å². The van der Waals surface area contributed by atoms with E-state index in [4.69, 9.17) is 5.11 Å². The third-order valence-electron chi connectivity index (χ3n) is 3.25. The predicted molar refractivity (Wildman–Crippen MR) is 77.6 cm³/mol. The Morgan fingerprint density at radius 3 is 3.00 bits per heavy atom. The smallest absolute Gasteiger partial charge is 0.326 e. The summed E-state index contributed by atoms with van der Waals surface area (Å²) in [5.41, 5.74) is -0.522. The molecular formula is C13H17N3O4S. The Hall–Kier alpha value is -1.83. The lowest BCUT2D eigenvalue weighted by Gasteiger charge is -2.14. The van der Waals surface area contributed by atoms with Gasteiger partial charge in [0, 0.05) is 18.5 Å². The molecule has 0 fully saturated rings. The van der Waals surface area contributed by atoms with Gasteiger partial charge >= 0.3 is 5.97 Å². The molecule has 8 heteroatoms. The zero-order valence-corrected chi connectivity index (χ0v) is 12.5. The molecule has 1 aromatic rings. The summed E-state index contributed by atoms with van der Waals surface area (Å²) in [4.78, 5) is 39.5. The largest absolute Gasteiger partial charge is 0.480 e. The van der Waals surface area contributed by atoms with Crippen molar-refractivity contribution in [2.75, 3.05) is 5.75 Å². The number of nitrogens with one attached hydrogen (secondary N) is 1. The first-order valence-electron chi connectivity index (χ1n) is 6.81. The van der Waals surface area contributed by atoms with E-state index >= 15 is 0 Å². The van der Waals surface area contributed by atoms with E-state index < -0.39 is 23.5 Å². The van der Waals surface area contributed by atoms with Gasteiger partial charge in [-0.05, 0) is 6.42 Å². The van der Waals surface area contributed by atoms with Crippen molar-refractivity contribution in [1.82, 2.24) is 14.9 Å². The van der Waals surface area contributed by atoms with Crippen LogP contribution in [0.2, 0.25) is 0 Å². The highest BCUT2D eigenvalue weighted by Crippen LogP contribution is 2.20. The van der Waals surface area contributed by atoms with Gasteiger partial charge in [0.25, 0.3) is 11.5 Å². The summed E-state index contributed by atoms with van der Waals surface area (Å²) in [5.74, 6) is -1.02. The summed E-state index contributed by atoms with van der Waals surface area (Å²) in [6.07, 6.45) is 3.09. The zero-order chi connectivity index (χ0) is 15.4. The highest BCUT2D eigenvalue weighted by atomic mass is 32.2. The van der Waals surface area contributed by atoms with E-state index in [1.807, 2.05) is 6.92 Å². The van der Waals surface area contributed by atoms with Crippen molar-refractivity contribution in [3.8, 4) is 0 Å². The minimum absolute atomic E-state index is 0.107. The molecule has 2 N–H and O–H groups in total. The topological polar surface area (TPSA) is 101 Å². The zero-order valence-electron chi connectivity index (χ0n) is 11.7. The third-order valence-corrected chi connectivity index (χ3v) is 4.22. The second kappa shape index (κ2) is 6.75. The quantitative estimate of drug-likeness (QED) is 0.751. The molecule has 114 valence electrons. The molecule has 21 heavy (non-hydrogen) atoms. The minimum atomic E-state index is -1.10. The number of fused-ring (bicyclic) bond motifs is 1. The van der Waals surface area contributed by atoms with Crippen LogP contribution in [0.4, 0.5) is 0 Å². The fourth-order valence-electron chi connectivity index (χ4n) is 2.07. The standard InChI is InChI=1S/C13H17N3O4S/c1-2-3-4-9(12(19)20)15-10(17)8-7-14-13-16(11(8)18)5-6-21-13/h7,9H,2-6H2,1H3,(H,15,17)(H,19,20)/t9-/m0/s1. The van der Waals surface area contributed by atoms with Gasteiger partial charge in [0.15, 0.2) is 5.16 Å². The predicted octanol–water partition coefficient (Wildman–Crippen LogP) is 0.722. The average Bonchev–Trinajstić information content (AvgIpc) is 2.92. The fourth-order valence-corrected chi connectivity index (χ4v) is 2.99. The number of hydrogen-bond donors (Lipinski definition) is 2. The molecule has 1 aromatic heterocycles. The molecule has 0 bridgehead atoms. The summed E-state index contributed by atoms with van der Waals surface area (Å²) in [6, 6.07) is -0.982. The maximum absolute atomic E-state index is 12.2. The number of rotatable bonds is 6. The number of unbranched alkanes of at least 4 members (excludes halogenated alkanes) is 1. The van der Waals surface area contributed by atoms with Crippen molar-refractivity contribution >= 4 is 23.6 Å². The van der Waals surface area contributed by atoms with Gasteiger partial charge in [-0.3, -0.25) is 14.2 Å². The number of aliphatic carboxylic acids is 1. The lowest BCUT2D eigenvalue weighted by molar-refractivity contribution is -0.139. The maximum Gasteiger partial charge on any atom is 0.326 e.